The summed E-state index contributed by atoms with van der Waals surface area (Å²) in [4.78, 5) is 0. The summed E-state index contributed by atoms with van der Waals surface area (Å²) in [6.07, 6.45) is 5.84. The summed E-state index contributed by atoms with van der Waals surface area (Å²) in [5.74, 6) is 1.98. The molecule has 0 amide bonds. The molecule has 1 aliphatic carbocycles. The van der Waals surface area contributed by atoms with Crippen molar-refractivity contribution in [1.29, 1.82) is 0 Å². The Morgan fingerprint density at radius 2 is 1.86 bits per heavy atom. The molecule has 0 bridgehead atoms. The first-order valence-electron chi connectivity index (χ1n) is 9.31. The minimum absolute atomic E-state index is 0.267. The van der Waals surface area contributed by atoms with Gasteiger partial charge in [0.2, 0.25) is 0 Å². The van der Waals surface area contributed by atoms with E-state index < -0.39 is 0 Å². The number of fused-ring (bicyclic) bond motifs is 3. The van der Waals surface area contributed by atoms with Gasteiger partial charge in [0.05, 0.1) is 19.0 Å². The first-order valence-corrected chi connectivity index (χ1v) is 9.31. The molecule has 2 aromatic carbocycles. The van der Waals surface area contributed by atoms with Gasteiger partial charge in [-0.15, -0.1) is 0 Å². The number of ether oxygens (including phenoxy) is 1. The van der Waals surface area contributed by atoms with E-state index >= 15 is 0 Å². The van der Waals surface area contributed by atoms with Gasteiger partial charge in [-0.1, -0.05) is 17.3 Å². The third-order valence-electron chi connectivity index (χ3n) is 5.37. The van der Waals surface area contributed by atoms with Gasteiger partial charge >= 0.3 is 0 Å². The predicted octanol–water partition coefficient (Wildman–Crippen LogP) is 4.67. The molecule has 28 heavy (non-hydrogen) atoms. The van der Waals surface area contributed by atoms with Gasteiger partial charge in [-0.05, 0) is 65.9 Å². The molecule has 2 heterocycles. The molecule has 0 aliphatic heterocycles. The lowest BCUT2D eigenvalue weighted by molar-refractivity contribution is 0.414. The Balaban J connectivity index is 1.64. The molecule has 0 spiro atoms. The van der Waals surface area contributed by atoms with Crippen LogP contribution in [0.5, 0.6) is 11.5 Å². The van der Waals surface area contributed by atoms with E-state index in [1.165, 1.54) is 11.1 Å². The van der Waals surface area contributed by atoms with Gasteiger partial charge in [-0.3, -0.25) is 0 Å². The van der Waals surface area contributed by atoms with E-state index in [9.17, 15) is 5.11 Å². The highest BCUT2D eigenvalue weighted by atomic mass is 16.5. The van der Waals surface area contributed by atoms with E-state index in [2.05, 4.69) is 28.1 Å². The summed E-state index contributed by atoms with van der Waals surface area (Å²) < 4.78 is 13.1. The van der Waals surface area contributed by atoms with Crippen molar-refractivity contribution in [2.45, 2.75) is 19.4 Å². The fourth-order valence-electron chi connectivity index (χ4n) is 3.98. The number of methoxy groups -OCH3 is 1. The lowest BCUT2D eigenvalue weighted by Gasteiger charge is -2.14. The third-order valence-corrected chi connectivity index (χ3v) is 5.37. The van der Waals surface area contributed by atoms with Crippen molar-refractivity contribution in [2.75, 3.05) is 7.11 Å². The number of aromatic nitrogens is 2. The Labute approximate surface area is 162 Å². The van der Waals surface area contributed by atoms with E-state index in [1.807, 2.05) is 30.5 Å². The van der Waals surface area contributed by atoms with E-state index in [1.54, 1.807) is 19.2 Å². The maximum Gasteiger partial charge on any atom is 0.171 e. The largest absolute Gasteiger partial charge is 0.508 e. The predicted molar refractivity (Wildman–Crippen MR) is 107 cm³/mol. The quantitative estimate of drug-likeness (QED) is 0.565. The van der Waals surface area contributed by atoms with Gasteiger partial charge in [-0.2, -0.15) is 0 Å². The molecule has 0 radical (unpaired) electrons. The second-order valence-corrected chi connectivity index (χ2v) is 7.07. The van der Waals surface area contributed by atoms with Crippen LogP contribution in [0.25, 0.3) is 22.6 Å². The number of benzene rings is 2. The van der Waals surface area contributed by atoms with Crippen LogP contribution in [0.3, 0.4) is 0 Å². The molecule has 0 atom stereocenters. The van der Waals surface area contributed by atoms with Gasteiger partial charge < -0.3 is 18.9 Å². The van der Waals surface area contributed by atoms with Crippen molar-refractivity contribution in [3.05, 3.63) is 77.6 Å². The zero-order valence-corrected chi connectivity index (χ0v) is 15.6. The molecule has 0 unspecified atom stereocenters. The smallest absolute Gasteiger partial charge is 0.171 e. The Hall–Kier alpha value is -3.47. The zero-order valence-electron chi connectivity index (χ0n) is 15.6. The van der Waals surface area contributed by atoms with Crippen LogP contribution in [0, 0.1) is 0 Å². The lowest BCUT2D eigenvalue weighted by Crippen LogP contribution is -2.03. The number of nitrogens with zero attached hydrogens (tertiary/aromatic N) is 2. The van der Waals surface area contributed by atoms with E-state index in [4.69, 9.17) is 9.26 Å². The first kappa shape index (κ1) is 16.7. The van der Waals surface area contributed by atoms with E-state index in [0.29, 0.717) is 0 Å². The number of hydrogen-bond acceptors (Lipinski definition) is 4. The van der Waals surface area contributed by atoms with Gasteiger partial charge in [0.15, 0.2) is 5.76 Å². The Bertz CT molecular complexity index is 1120. The van der Waals surface area contributed by atoms with Crippen LogP contribution >= 0.6 is 0 Å². The van der Waals surface area contributed by atoms with Gasteiger partial charge in [0, 0.05) is 23.9 Å². The molecule has 5 nitrogen and oxygen atoms in total. The molecule has 5 rings (SSSR count). The number of phenols is 1. The summed E-state index contributed by atoms with van der Waals surface area (Å²) in [6.45, 7) is 0.733. The van der Waals surface area contributed by atoms with Crippen LogP contribution in [0.4, 0.5) is 0 Å². The number of phenolic OH excluding ortho intramolecular Hbond substituents is 1. The maximum atomic E-state index is 9.71. The van der Waals surface area contributed by atoms with Crippen molar-refractivity contribution in [3.63, 3.8) is 0 Å². The van der Waals surface area contributed by atoms with Crippen molar-refractivity contribution < 1.29 is 14.4 Å². The number of rotatable bonds is 4. The van der Waals surface area contributed by atoms with E-state index in [-0.39, 0.29) is 5.75 Å². The fourth-order valence-corrected chi connectivity index (χ4v) is 3.98. The topological polar surface area (TPSA) is 60.4 Å². The molecule has 140 valence electrons. The molecule has 0 saturated carbocycles. The minimum Gasteiger partial charge on any atom is -0.508 e. The average Bonchev–Trinajstić information content (AvgIpc) is 3.33. The molecular weight excluding hydrogens is 352 g/mol. The van der Waals surface area contributed by atoms with Crippen molar-refractivity contribution in [2.24, 2.45) is 0 Å². The Morgan fingerprint density at radius 1 is 1.07 bits per heavy atom. The summed E-state index contributed by atoms with van der Waals surface area (Å²) in [5.41, 5.74) is 6.96. The lowest BCUT2D eigenvalue weighted by atomic mass is 9.91. The van der Waals surface area contributed by atoms with Crippen LogP contribution in [0.1, 0.15) is 16.7 Å². The van der Waals surface area contributed by atoms with Gasteiger partial charge in [-0.25, -0.2) is 0 Å². The maximum absolute atomic E-state index is 9.71. The monoisotopic (exact) mass is 372 g/mol. The summed E-state index contributed by atoms with van der Waals surface area (Å²) in [6, 6.07) is 15.5. The second kappa shape index (κ2) is 6.60. The third kappa shape index (κ3) is 2.76. The fraction of sp³-hybridized carbons (Fsp3) is 0.174. The van der Waals surface area contributed by atoms with Crippen LogP contribution in [-0.2, 0) is 19.4 Å². The average molecular weight is 372 g/mol. The summed E-state index contributed by atoms with van der Waals surface area (Å²) in [7, 11) is 1.67. The second-order valence-electron chi connectivity index (χ2n) is 7.07. The van der Waals surface area contributed by atoms with Gasteiger partial charge in [0.1, 0.15) is 11.5 Å². The van der Waals surface area contributed by atoms with Crippen LogP contribution in [0.15, 0.2) is 65.4 Å². The molecule has 1 N–H and O–H groups in total. The number of aryl methyl sites for hydroxylation is 1. The highest BCUT2D eigenvalue weighted by Crippen LogP contribution is 2.41. The number of hydrogen-bond donors (Lipinski definition) is 1. The van der Waals surface area contributed by atoms with Crippen LogP contribution in [0.2, 0.25) is 0 Å². The molecule has 0 fully saturated rings. The van der Waals surface area contributed by atoms with Crippen molar-refractivity contribution >= 4 is 0 Å². The highest BCUT2D eigenvalue weighted by Gasteiger charge is 2.26. The molecule has 0 saturated heterocycles. The molecule has 1 aliphatic rings. The number of aromatic hydroxyl groups is 1. The Morgan fingerprint density at radius 3 is 2.61 bits per heavy atom. The molecule has 5 heteroatoms. The van der Waals surface area contributed by atoms with Gasteiger partial charge in [0.25, 0.3) is 0 Å². The van der Waals surface area contributed by atoms with Crippen LogP contribution < -0.4 is 4.74 Å². The van der Waals surface area contributed by atoms with Crippen molar-refractivity contribution in [3.8, 4) is 34.1 Å². The molecule has 4 aromatic rings. The molecule has 2 aromatic heterocycles. The minimum atomic E-state index is 0.267. The summed E-state index contributed by atoms with van der Waals surface area (Å²) >= 11 is 0. The Kier molecular flexibility index (Phi) is 3.93. The van der Waals surface area contributed by atoms with E-state index in [0.717, 1.165) is 53.3 Å². The zero-order chi connectivity index (χ0) is 19.1. The summed E-state index contributed by atoms with van der Waals surface area (Å²) in [5, 5.41) is 13.7. The first-order chi connectivity index (χ1) is 13.7. The highest BCUT2D eigenvalue weighted by molar-refractivity contribution is 5.78. The molecular formula is C23H20N2O3. The van der Waals surface area contributed by atoms with Crippen molar-refractivity contribution in [1.82, 2.24) is 9.72 Å². The van der Waals surface area contributed by atoms with Crippen LogP contribution in [-0.4, -0.2) is 21.9 Å². The normalized spacial score (nSPS) is 12.5. The SMILES string of the molecule is COc1ccc(Cn2cc3c(c2-c2ccc(O)cc2)CCc2cnoc2-3)cc1. The standard InChI is InChI=1S/C23H20N2O3/c1-27-19-9-2-15(3-10-19)13-25-14-21-20(11-6-17-12-24-28-23(17)21)22(25)16-4-7-18(26)8-5-16/h2-5,7-10,12,14,26H,6,11,13H2,1H3.